The van der Waals surface area contributed by atoms with Gasteiger partial charge in [0.2, 0.25) is 0 Å². The Morgan fingerprint density at radius 1 is 1.11 bits per heavy atom. The summed E-state index contributed by atoms with van der Waals surface area (Å²) in [4.78, 5) is 27.1. The number of nitrogens with zero attached hydrogens (tertiary/aromatic N) is 7. The van der Waals surface area contributed by atoms with Crippen molar-refractivity contribution >= 4 is 32.6 Å². The van der Waals surface area contributed by atoms with Gasteiger partial charge in [0.05, 0.1) is 11.3 Å². The Morgan fingerprint density at radius 3 is 2.40 bits per heavy atom. The third-order valence-corrected chi connectivity index (χ3v) is 7.33. The summed E-state index contributed by atoms with van der Waals surface area (Å²) in [7, 11) is -2.45. The number of carbonyl (C=O) groups is 1. The van der Waals surface area contributed by atoms with E-state index in [4.69, 9.17) is 0 Å². The Hall–Kier alpha value is -3.55. The molecular weight excluding hydrogens is 487 g/mol. The Balaban J connectivity index is 2.06. The number of pyridine rings is 1. The molecule has 0 radical (unpaired) electrons. The quantitative estimate of drug-likeness (QED) is 0.392. The second kappa shape index (κ2) is 8.59. The molecule has 0 atom stereocenters. The first-order valence-electron chi connectivity index (χ1n) is 10.7. The van der Waals surface area contributed by atoms with E-state index in [2.05, 4.69) is 20.1 Å². The first-order chi connectivity index (χ1) is 16.4. The van der Waals surface area contributed by atoms with Crippen LogP contribution in [0.5, 0.6) is 0 Å². The Kier molecular flexibility index (Phi) is 6.03. The zero-order valence-electron chi connectivity index (χ0n) is 19.3. The lowest BCUT2D eigenvalue weighted by Gasteiger charge is -2.18. The van der Waals surface area contributed by atoms with Gasteiger partial charge in [-0.3, -0.25) is 4.79 Å². The van der Waals surface area contributed by atoms with Crippen LogP contribution < -0.4 is 0 Å². The van der Waals surface area contributed by atoms with Gasteiger partial charge >= 0.3 is 6.18 Å². The van der Waals surface area contributed by atoms with Crippen LogP contribution in [-0.4, -0.2) is 67.2 Å². The minimum atomic E-state index is -4.62. The van der Waals surface area contributed by atoms with Gasteiger partial charge in [-0.15, -0.1) is 0 Å². The molecule has 4 heterocycles. The third kappa shape index (κ3) is 4.00. The molecule has 0 saturated heterocycles. The maximum absolute atomic E-state index is 13.2. The molecule has 186 valence electrons. The lowest BCUT2D eigenvalue weighted by Crippen LogP contribution is -2.32. The highest BCUT2D eigenvalue weighted by Crippen LogP contribution is 2.35. The monoisotopic (exact) mass is 509 g/mol. The number of hydrogen-bond acceptors (Lipinski definition) is 7. The second-order valence-corrected chi connectivity index (χ2v) is 9.88. The van der Waals surface area contributed by atoms with E-state index in [-0.39, 0.29) is 50.6 Å². The van der Waals surface area contributed by atoms with Crippen LogP contribution in [0.3, 0.4) is 0 Å². The zero-order chi connectivity index (χ0) is 25.7. The number of hydrogen-bond donors (Lipinski definition) is 0. The Labute approximate surface area is 198 Å². The molecule has 4 aromatic heterocycles. The average molecular weight is 510 g/mol. The third-order valence-electron chi connectivity index (χ3n) is 5.69. The van der Waals surface area contributed by atoms with Gasteiger partial charge in [-0.1, -0.05) is 6.92 Å². The normalized spacial score (nSPS) is 12.5. The molecule has 0 aromatic carbocycles. The van der Waals surface area contributed by atoms with E-state index in [9.17, 15) is 26.4 Å². The standard InChI is InChI=1S/C21H22F3N7O3S/c1-5-30(6-2)20(32)14-8-9-25-17-15(19(28-31(14)17)35(33,34)7-3)18-27-13-10-12(21(22,23)24)11-26-16(13)29(18)4/h8-11H,5-7H2,1-4H3. The number of amides is 1. The summed E-state index contributed by atoms with van der Waals surface area (Å²) in [5.41, 5.74) is -0.844. The Bertz CT molecular complexity index is 1550. The van der Waals surface area contributed by atoms with Crippen molar-refractivity contribution in [3.8, 4) is 11.4 Å². The molecule has 0 N–H and O–H groups in total. The number of rotatable bonds is 6. The van der Waals surface area contributed by atoms with Crippen molar-refractivity contribution in [2.45, 2.75) is 32.0 Å². The van der Waals surface area contributed by atoms with Crippen LogP contribution in [0.4, 0.5) is 13.2 Å². The fraction of sp³-hybridized carbons (Fsp3) is 0.381. The van der Waals surface area contributed by atoms with Crippen LogP contribution in [0.25, 0.3) is 28.2 Å². The van der Waals surface area contributed by atoms with Gasteiger partial charge in [0.25, 0.3) is 5.91 Å². The van der Waals surface area contributed by atoms with Crippen LogP contribution in [0.15, 0.2) is 29.6 Å². The van der Waals surface area contributed by atoms with Gasteiger partial charge in [-0.25, -0.2) is 27.9 Å². The van der Waals surface area contributed by atoms with Crippen molar-refractivity contribution in [2.75, 3.05) is 18.8 Å². The van der Waals surface area contributed by atoms with E-state index < -0.39 is 21.6 Å². The summed E-state index contributed by atoms with van der Waals surface area (Å²) >= 11 is 0. The second-order valence-electron chi connectivity index (χ2n) is 7.69. The maximum atomic E-state index is 13.2. The van der Waals surface area contributed by atoms with Crippen LogP contribution in [0, 0.1) is 0 Å². The van der Waals surface area contributed by atoms with E-state index in [1.54, 1.807) is 4.90 Å². The molecule has 4 rings (SSSR count). The summed E-state index contributed by atoms with van der Waals surface area (Å²) in [5.74, 6) is -0.670. The molecule has 35 heavy (non-hydrogen) atoms. The number of alkyl halides is 3. The highest BCUT2D eigenvalue weighted by molar-refractivity contribution is 7.91. The predicted octanol–water partition coefficient (Wildman–Crippen LogP) is 2.97. The van der Waals surface area contributed by atoms with Crippen molar-refractivity contribution in [3.63, 3.8) is 0 Å². The van der Waals surface area contributed by atoms with Gasteiger partial charge in [0.1, 0.15) is 22.6 Å². The molecule has 0 fully saturated rings. The lowest BCUT2D eigenvalue weighted by atomic mass is 10.2. The highest BCUT2D eigenvalue weighted by atomic mass is 32.2. The van der Waals surface area contributed by atoms with E-state index in [1.165, 1.54) is 30.8 Å². The topological polar surface area (TPSA) is 115 Å². The maximum Gasteiger partial charge on any atom is 0.417 e. The largest absolute Gasteiger partial charge is 0.417 e. The summed E-state index contributed by atoms with van der Waals surface area (Å²) in [6.45, 7) is 5.90. The smallest absolute Gasteiger partial charge is 0.338 e. The molecule has 10 nitrogen and oxygen atoms in total. The van der Waals surface area contributed by atoms with Crippen LogP contribution in [0.1, 0.15) is 36.8 Å². The average Bonchev–Trinajstić information content (AvgIpc) is 3.37. The molecule has 0 aliphatic rings. The van der Waals surface area contributed by atoms with Crippen LogP contribution in [-0.2, 0) is 23.1 Å². The van der Waals surface area contributed by atoms with E-state index in [1.807, 2.05) is 13.8 Å². The van der Waals surface area contributed by atoms with Crippen molar-refractivity contribution < 1.29 is 26.4 Å². The SMILES string of the molecule is CCN(CC)C(=O)c1ccnc2c(-c3nc4cc(C(F)(F)F)cnc4n3C)c(S(=O)(=O)CC)nn12. The zero-order valence-corrected chi connectivity index (χ0v) is 20.1. The molecule has 0 saturated carbocycles. The van der Waals surface area contributed by atoms with Crippen LogP contribution in [0.2, 0.25) is 0 Å². The molecule has 1 amide bonds. The fourth-order valence-electron chi connectivity index (χ4n) is 3.77. The van der Waals surface area contributed by atoms with E-state index in [0.717, 1.165) is 10.6 Å². The van der Waals surface area contributed by atoms with Gasteiger partial charge < -0.3 is 9.47 Å². The molecule has 0 aliphatic heterocycles. The number of fused-ring (bicyclic) bond motifs is 2. The predicted molar refractivity (Wildman–Crippen MR) is 120 cm³/mol. The first kappa shape index (κ1) is 24.6. The molecular formula is C21H22F3N7O3S. The number of aromatic nitrogens is 6. The number of halogens is 3. The highest BCUT2D eigenvalue weighted by Gasteiger charge is 2.34. The van der Waals surface area contributed by atoms with Crippen molar-refractivity contribution in [1.29, 1.82) is 0 Å². The summed E-state index contributed by atoms with van der Waals surface area (Å²) in [5, 5.41) is 3.86. The molecule has 0 spiro atoms. The number of aryl methyl sites for hydroxylation is 1. The van der Waals surface area contributed by atoms with E-state index in [0.29, 0.717) is 19.3 Å². The minimum Gasteiger partial charge on any atom is -0.338 e. The van der Waals surface area contributed by atoms with E-state index >= 15 is 0 Å². The van der Waals surface area contributed by atoms with Crippen molar-refractivity contribution in [2.24, 2.45) is 7.05 Å². The summed E-state index contributed by atoms with van der Waals surface area (Å²) in [6.07, 6.45) is -2.59. The molecule has 0 aliphatic carbocycles. The number of sulfone groups is 1. The van der Waals surface area contributed by atoms with Crippen molar-refractivity contribution in [3.05, 3.63) is 35.8 Å². The fourth-order valence-corrected chi connectivity index (χ4v) is 4.74. The van der Waals surface area contributed by atoms with Crippen molar-refractivity contribution in [1.82, 2.24) is 34.0 Å². The summed E-state index contributed by atoms with van der Waals surface area (Å²) < 4.78 is 68.1. The number of carbonyl (C=O) groups excluding carboxylic acids is 1. The molecule has 4 aromatic rings. The van der Waals surface area contributed by atoms with Gasteiger partial charge in [0.15, 0.2) is 26.2 Å². The lowest BCUT2D eigenvalue weighted by molar-refractivity contribution is -0.137. The number of imidazole rings is 1. The molecule has 0 bridgehead atoms. The van der Waals surface area contributed by atoms with Gasteiger partial charge in [0, 0.05) is 32.5 Å². The molecule has 0 unspecified atom stereocenters. The summed E-state index contributed by atoms with van der Waals surface area (Å²) in [6, 6.07) is 2.27. The first-order valence-corrected chi connectivity index (χ1v) is 12.4. The van der Waals surface area contributed by atoms with Crippen LogP contribution >= 0.6 is 0 Å². The minimum absolute atomic E-state index is 0.00814. The Morgan fingerprint density at radius 2 is 1.80 bits per heavy atom. The van der Waals surface area contributed by atoms with Gasteiger partial charge in [-0.05, 0) is 26.0 Å². The van der Waals surface area contributed by atoms with Gasteiger partial charge in [-0.2, -0.15) is 18.3 Å². The molecule has 14 heteroatoms.